The fourth-order valence-corrected chi connectivity index (χ4v) is 1.98. The summed E-state index contributed by atoms with van der Waals surface area (Å²) >= 11 is 0. The third-order valence-electron chi connectivity index (χ3n) is 2.92. The lowest BCUT2D eigenvalue weighted by atomic mass is 10.1. The third-order valence-corrected chi connectivity index (χ3v) is 2.92. The lowest BCUT2D eigenvalue weighted by Crippen LogP contribution is -1.78. The Morgan fingerprint density at radius 1 is 1.24 bits per heavy atom. The highest BCUT2D eigenvalue weighted by atomic mass is 14.7. The molecule has 17 heavy (non-hydrogen) atoms. The number of benzene rings is 1. The van der Waals surface area contributed by atoms with Crippen LogP contribution in [0.5, 0.6) is 0 Å². The molecule has 0 atom stereocenters. The van der Waals surface area contributed by atoms with Crippen LogP contribution in [0.2, 0.25) is 0 Å². The Morgan fingerprint density at radius 2 is 2.12 bits per heavy atom. The van der Waals surface area contributed by atoms with E-state index in [9.17, 15) is 0 Å². The van der Waals surface area contributed by atoms with Gasteiger partial charge in [-0.1, -0.05) is 36.4 Å². The van der Waals surface area contributed by atoms with Crippen molar-refractivity contribution >= 4 is 16.5 Å². The summed E-state index contributed by atoms with van der Waals surface area (Å²) in [5.41, 5.74) is 7.87. The van der Waals surface area contributed by atoms with Gasteiger partial charge in [0.2, 0.25) is 0 Å². The van der Waals surface area contributed by atoms with E-state index in [1.54, 1.807) is 0 Å². The lowest BCUT2D eigenvalue weighted by molar-refractivity contribution is 1.41. The molecule has 0 aliphatic heterocycles. The summed E-state index contributed by atoms with van der Waals surface area (Å²) < 4.78 is 0. The zero-order valence-corrected chi connectivity index (χ0v) is 9.70. The van der Waals surface area contributed by atoms with Gasteiger partial charge < -0.3 is 4.98 Å². The molecule has 3 rings (SSSR count). The number of para-hydroxylation sites is 1. The maximum absolute atomic E-state index is 3.43. The number of aromatic amines is 1. The molecule has 1 heterocycles. The number of rotatable bonds is 1. The normalized spacial score (nSPS) is 14.6. The smallest absolute Gasteiger partial charge is 0.0471 e. The average molecular weight is 221 g/mol. The van der Waals surface area contributed by atoms with Crippen molar-refractivity contribution < 1.29 is 1.43 Å². The predicted molar refractivity (Wildman–Crippen MR) is 74.8 cm³/mol. The van der Waals surface area contributed by atoms with Crippen LogP contribution in [0.25, 0.3) is 16.5 Å². The van der Waals surface area contributed by atoms with Gasteiger partial charge in [-0.25, -0.2) is 0 Å². The van der Waals surface area contributed by atoms with Crippen molar-refractivity contribution in [2.24, 2.45) is 0 Å². The van der Waals surface area contributed by atoms with Crippen LogP contribution in [-0.4, -0.2) is 4.98 Å². The molecule has 0 unspecified atom stereocenters. The Hall–Kier alpha value is -2.24. The van der Waals surface area contributed by atoms with E-state index in [2.05, 4.69) is 60.1 Å². The van der Waals surface area contributed by atoms with Crippen molar-refractivity contribution in [2.75, 3.05) is 0 Å². The number of allylic oxidation sites excluding steroid dienone is 5. The summed E-state index contributed by atoms with van der Waals surface area (Å²) in [5, 5.41) is 1.24. The molecular formula is C16H15N. The van der Waals surface area contributed by atoms with Gasteiger partial charge in [0, 0.05) is 23.6 Å². The second kappa shape index (κ2) is 3.97. The first-order valence-electron chi connectivity index (χ1n) is 5.73. The van der Waals surface area contributed by atoms with Crippen LogP contribution < -0.4 is 0 Å². The second-order valence-electron chi connectivity index (χ2n) is 4.22. The van der Waals surface area contributed by atoms with E-state index in [0.717, 1.165) is 16.8 Å². The fourth-order valence-electron chi connectivity index (χ4n) is 1.98. The SMILES string of the molecule is CC1=C=CC(c2cc3ccccc3[nH]2)=CC=C1.[HH]. The first kappa shape index (κ1) is 9.95. The topological polar surface area (TPSA) is 15.8 Å². The summed E-state index contributed by atoms with van der Waals surface area (Å²) in [6.07, 6.45) is 8.26. The van der Waals surface area contributed by atoms with Crippen LogP contribution in [0.4, 0.5) is 0 Å². The lowest BCUT2D eigenvalue weighted by Gasteiger charge is -1.94. The van der Waals surface area contributed by atoms with Crippen molar-refractivity contribution in [1.29, 1.82) is 0 Å². The van der Waals surface area contributed by atoms with Crippen LogP contribution in [0.3, 0.4) is 0 Å². The Bertz CT molecular complexity index is 662. The molecule has 0 fully saturated rings. The van der Waals surface area contributed by atoms with Crippen LogP contribution in [0.1, 0.15) is 14.0 Å². The van der Waals surface area contributed by atoms with Gasteiger partial charge in [-0.2, -0.15) is 0 Å². The van der Waals surface area contributed by atoms with Crippen LogP contribution in [0.15, 0.2) is 65.9 Å². The number of aromatic nitrogens is 1. The molecule has 1 aromatic carbocycles. The molecule has 0 saturated carbocycles. The molecule has 1 aromatic heterocycles. The minimum Gasteiger partial charge on any atom is -0.355 e. The quantitative estimate of drug-likeness (QED) is 0.684. The first-order chi connectivity index (χ1) is 8.33. The molecule has 84 valence electrons. The van der Waals surface area contributed by atoms with Gasteiger partial charge in [-0.05, 0) is 30.7 Å². The largest absolute Gasteiger partial charge is 0.355 e. The predicted octanol–water partition coefficient (Wildman–Crippen LogP) is 4.47. The molecule has 0 spiro atoms. The van der Waals surface area contributed by atoms with Crippen LogP contribution >= 0.6 is 0 Å². The zero-order chi connectivity index (χ0) is 11.7. The van der Waals surface area contributed by atoms with E-state index in [1.807, 2.05) is 12.1 Å². The third kappa shape index (κ3) is 1.89. The number of H-pyrrole nitrogens is 1. The van der Waals surface area contributed by atoms with Crippen molar-refractivity contribution in [3.63, 3.8) is 0 Å². The Morgan fingerprint density at radius 3 is 3.00 bits per heavy atom. The Balaban J connectivity index is 0.00000120. The van der Waals surface area contributed by atoms with Gasteiger partial charge in [0.15, 0.2) is 0 Å². The monoisotopic (exact) mass is 221 g/mol. The maximum Gasteiger partial charge on any atom is 0.0471 e. The average Bonchev–Trinajstić information content (AvgIpc) is 2.65. The van der Waals surface area contributed by atoms with E-state index in [0.29, 0.717) is 0 Å². The van der Waals surface area contributed by atoms with E-state index < -0.39 is 0 Å². The van der Waals surface area contributed by atoms with Gasteiger partial charge in [-0.15, -0.1) is 5.73 Å². The van der Waals surface area contributed by atoms with Crippen molar-refractivity contribution in [1.82, 2.24) is 4.98 Å². The Kier molecular flexibility index (Phi) is 2.32. The number of hydrogen-bond donors (Lipinski definition) is 1. The van der Waals surface area contributed by atoms with Gasteiger partial charge in [0.25, 0.3) is 0 Å². The Labute approximate surface area is 102 Å². The van der Waals surface area contributed by atoms with Crippen LogP contribution in [-0.2, 0) is 0 Å². The number of hydrogen-bond acceptors (Lipinski definition) is 0. The zero-order valence-electron chi connectivity index (χ0n) is 9.70. The molecule has 1 heteroatoms. The highest BCUT2D eigenvalue weighted by Gasteiger charge is 2.03. The standard InChI is InChI=1S/C16H13N.H2/c1-12-5-4-7-13(10-9-12)16-11-14-6-2-3-8-15(14)17-16;/h2-8,10-11,17H,1H3;1H. The summed E-state index contributed by atoms with van der Waals surface area (Å²) in [5.74, 6) is 0. The highest BCUT2D eigenvalue weighted by Crippen LogP contribution is 2.22. The molecule has 1 N–H and O–H groups in total. The summed E-state index contributed by atoms with van der Waals surface area (Å²) in [4.78, 5) is 3.43. The minimum atomic E-state index is 0. The maximum atomic E-state index is 3.43. The van der Waals surface area contributed by atoms with Gasteiger partial charge in [-0.3, -0.25) is 0 Å². The number of fused-ring (bicyclic) bond motifs is 1. The van der Waals surface area contributed by atoms with E-state index >= 15 is 0 Å². The molecule has 1 aliphatic carbocycles. The molecule has 0 saturated heterocycles. The summed E-state index contributed by atoms with van der Waals surface area (Å²) in [6, 6.07) is 10.5. The van der Waals surface area contributed by atoms with E-state index in [-0.39, 0.29) is 1.43 Å². The first-order valence-corrected chi connectivity index (χ1v) is 5.73. The molecule has 0 amide bonds. The molecule has 1 nitrogen and oxygen atoms in total. The van der Waals surface area contributed by atoms with Crippen molar-refractivity contribution in [2.45, 2.75) is 6.92 Å². The van der Waals surface area contributed by atoms with Crippen molar-refractivity contribution in [3.8, 4) is 0 Å². The molecule has 0 radical (unpaired) electrons. The second-order valence-corrected chi connectivity index (χ2v) is 4.22. The summed E-state index contributed by atoms with van der Waals surface area (Å²) in [6.45, 7) is 2.05. The summed E-state index contributed by atoms with van der Waals surface area (Å²) in [7, 11) is 0. The van der Waals surface area contributed by atoms with Gasteiger partial charge >= 0.3 is 0 Å². The molecule has 2 aromatic rings. The van der Waals surface area contributed by atoms with E-state index in [4.69, 9.17) is 0 Å². The van der Waals surface area contributed by atoms with Gasteiger partial charge in [0.05, 0.1) is 0 Å². The fraction of sp³-hybridized carbons (Fsp3) is 0.0625. The van der Waals surface area contributed by atoms with Gasteiger partial charge in [0.1, 0.15) is 0 Å². The van der Waals surface area contributed by atoms with E-state index in [1.165, 1.54) is 10.9 Å². The molecular weight excluding hydrogens is 206 g/mol. The minimum absolute atomic E-state index is 0. The highest BCUT2D eigenvalue weighted by molar-refractivity contribution is 5.87. The molecule has 1 aliphatic rings. The number of nitrogens with one attached hydrogen (secondary N) is 1. The van der Waals surface area contributed by atoms with Crippen molar-refractivity contribution in [3.05, 3.63) is 71.6 Å². The van der Waals surface area contributed by atoms with Crippen LogP contribution in [0, 0.1) is 0 Å². The molecule has 0 bridgehead atoms.